The SMILES string of the molecule is Cc1cc(C(=O)N2CCOC(CN)C2)ccc1[N+](=O)[O-].Cl. The lowest BCUT2D eigenvalue weighted by Gasteiger charge is -2.32. The third-order valence-corrected chi connectivity index (χ3v) is 3.33. The van der Waals surface area contributed by atoms with Gasteiger partial charge >= 0.3 is 0 Å². The number of morpholine rings is 1. The summed E-state index contributed by atoms with van der Waals surface area (Å²) in [6.07, 6.45) is -0.146. The van der Waals surface area contributed by atoms with Gasteiger partial charge in [-0.3, -0.25) is 14.9 Å². The van der Waals surface area contributed by atoms with Gasteiger partial charge in [0.2, 0.25) is 0 Å². The third-order valence-electron chi connectivity index (χ3n) is 3.33. The molecule has 1 atom stereocenters. The Kier molecular flexibility index (Phi) is 6.07. The van der Waals surface area contributed by atoms with Crippen LogP contribution in [0, 0.1) is 17.0 Å². The molecule has 2 N–H and O–H groups in total. The van der Waals surface area contributed by atoms with Gasteiger partial charge in [0.05, 0.1) is 17.6 Å². The van der Waals surface area contributed by atoms with Gasteiger partial charge in [-0.05, 0) is 19.1 Å². The number of carbonyl (C=O) groups is 1. The van der Waals surface area contributed by atoms with Crippen LogP contribution in [-0.4, -0.2) is 48.1 Å². The van der Waals surface area contributed by atoms with Gasteiger partial charge in [-0.25, -0.2) is 0 Å². The Hall–Kier alpha value is -1.70. The number of carbonyl (C=O) groups excluding carboxylic acids is 1. The maximum atomic E-state index is 12.4. The molecule has 1 aliphatic heterocycles. The molecule has 1 unspecified atom stereocenters. The van der Waals surface area contributed by atoms with E-state index in [1.54, 1.807) is 17.9 Å². The second kappa shape index (κ2) is 7.35. The van der Waals surface area contributed by atoms with Crippen molar-refractivity contribution < 1.29 is 14.5 Å². The smallest absolute Gasteiger partial charge is 0.272 e. The van der Waals surface area contributed by atoms with Crippen molar-refractivity contribution in [2.45, 2.75) is 13.0 Å². The number of rotatable bonds is 3. The van der Waals surface area contributed by atoms with Crippen molar-refractivity contribution >= 4 is 24.0 Å². The lowest BCUT2D eigenvalue weighted by atomic mass is 10.1. The van der Waals surface area contributed by atoms with Gasteiger partial charge in [0, 0.05) is 36.8 Å². The minimum absolute atomic E-state index is 0. The van der Waals surface area contributed by atoms with E-state index < -0.39 is 4.92 Å². The molecule has 1 fully saturated rings. The fourth-order valence-corrected chi connectivity index (χ4v) is 2.22. The average molecular weight is 316 g/mol. The van der Waals surface area contributed by atoms with Crippen LogP contribution in [0.4, 0.5) is 5.69 Å². The summed E-state index contributed by atoms with van der Waals surface area (Å²) < 4.78 is 5.41. The molecule has 1 saturated heterocycles. The minimum Gasteiger partial charge on any atom is -0.373 e. The number of ether oxygens (including phenoxy) is 1. The predicted molar refractivity (Wildman–Crippen MR) is 79.8 cm³/mol. The monoisotopic (exact) mass is 315 g/mol. The Balaban J connectivity index is 0.00000220. The van der Waals surface area contributed by atoms with Gasteiger partial charge in [0.1, 0.15) is 0 Å². The maximum absolute atomic E-state index is 12.4. The van der Waals surface area contributed by atoms with Gasteiger partial charge in [0.25, 0.3) is 11.6 Å². The molecule has 1 aromatic carbocycles. The van der Waals surface area contributed by atoms with Crippen molar-refractivity contribution in [2.75, 3.05) is 26.2 Å². The Bertz CT molecular complexity index is 538. The van der Waals surface area contributed by atoms with E-state index in [1.165, 1.54) is 12.1 Å². The average Bonchev–Trinajstić information content (AvgIpc) is 2.46. The summed E-state index contributed by atoms with van der Waals surface area (Å²) in [7, 11) is 0. The van der Waals surface area contributed by atoms with Crippen LogP contribution in [0.5, 0.6) is 0 Å². The first-order chi connectivity index (χ1) is 9.52. The zero-order valence-electron chi connectivity index (χ0n) is 11.7. The van der Waals surface area contributed by atoms with Crippen LogP contribution in [0.15, 0.2) is 18.2 Å². The highest BCUT2D eigenvalue weighted by atomic mass is 35.5. The molecule has 21 heavy (non-hydrogen) atoms. The summed E-state index contributed by atoms with van der Waals surface area (Å²) in [4.78, 5) is 24.3. The molecule has 8 heteroatoms. The number of benzene rings is 1. The zero-order chi connectivity index (χ0) is 14.7. The standard InChI is InChI=1S/C13H17N3O4.ClH/c1-9-6-10(2-3-12(9)16(18)19)13(17)15-4-5-20-11(7-14)8-15;/h2-3,6,11H,4-5,7-8,14H2,1H3;1H. The van der Waals surface area contributed by atoms with E-state index in [9.17, 15) is 14.9 Å². The van der Waals surface area contributed by atoms with Crippen molar-refractivity contribution in [3.63, 3.8) is 0 Å². The lowest BCUT2D eigenvalue weighted by molar-refractivity contribution is -0.385. The maximum Gasteiger partial charge on any atom is 0.272 e. The number of nitrogens with two attached hydrogens (primary N) is 1. The van der Waals surface area contributed by atoms with E-state index in [0.717, 1.165) is 0 Å². The molecule has 0 bridgehead atoms. The topological polar surface area (TPSA) is 98.7 Å². The van der Waals surface area contributed by atoms with Crippen LogP contribution in [0.2, 0.25) is 0 Å². The molecule has 116 valence electrons. The van der Waals surface area contributed by atoms with Crippen LogP contribution in [-0.2, 0) is 4.74 Å². The third kappa shape index (κ3) is 3.90. The molecule has 1 aromatic rings. The van der Waals surface area contributed by atoms with E-state index >= 15 is 0 Å². The molecule has 1 aliphatic rings. The molecular formula is C13H18ClN3O4. The first kappa shape index (κ1) is 17.4. The highest BCUT2D eigenvalue weighted by Gasteiger charge is 2.25. The second-order valence-corrected chi connectivity index (χ2v) is 4.74. The number of aryl methyl sites for hydroxylation is 1. The van der Waals surface area contributed by atoms with Crippen molar-refractivity contribution in [2.24, 2.45) is 5.73 Å². The van der Waals surface area contributed by atoms with Crippen molar-refractivity contribution in [1.29, 1.82) is 0 Å². The summed E-state index contributed by atoms with van der Waals surface area (Å²) >= 11 is 0. The number of halogens is 1. The Morgan fingerprint density at radius 3 is 2.86 bits per heavy atom. The summed E-state index contributed by atoms with van der Waals surface area (Å²) in [5, 5.41) is 10.8. The molecule has 1 amide bonds. The van der Waals surface area contributed by atoms with E-state index in [1.807, 2.05) is 0 Å². The van der Waals surface area contributed by atoms with Crippen LogP contribution in [0.3, 0.4) is 0 Å². The van der Waals surface area contributed by atoms with Crippen molar-refractivity contribution in [3.8, 4) is 0 Å². The molecule has 0 aliphatic carbocycles. The summed E-state index contributed by atoms with van der Waals surface area (Å²) in [6.45, 7) is 3.40. The first-order valence-corrected chi connectivity index (χ1v) is 6.39. The fraction of sp³-hybridized carbons (Fsp3) is 0.462. The van der Waals surface area contributed by atoms with Crippen molar-refractivity contribution in [1.82, 2.24) is 4.90 Å². The van der Waals surface area contributed by atoms with Gasteiger partial charge in [0.15, 0.2) is 0 Å². The van der Waals surface area contributed by atoms with Gasteiger partial charge in [-0.2, -0.15) is 0 Å². The molecule has 1 heterocycles. The number of hydrogen-bond donors (Lipinski definition) is 1. The Morgan fingerprint density at radius 2 is 2.29 bits per heavy atom. The lowest BCUT2D eigenvalue weighted by Crippen LogP contribution is -2.48. The number of nitrogens with zero attached hydrogens (tertiary/aromatic N) is 2. The molecule has 0 radical (unpaired) electrons. The predicted octanol–water partition coefficient (Wildman–Crippen LogP) is 1.12. The summed E-state index contributed by atoms with van der Waals surface area (Å²) in [5.74, 6) is -0.148. The van der Waals surface area contributed by atoms with E-state index in [4.69, 9.17) is 10.5 Å². The molecule has 0 aromatic heterocycles. The van der Waals surface area contributed by atoms with Crippen LogP contribution in [0.1, 0.15) is 15.9 Å². The highest BCUT2D eigenvalue weighted by Crippen LogP contribution is 2.20. The van der Waals surface area contributed by atoms with E-state index in [2.05, 4.69) is 0 Å². The second-order valence-electron chi connectivity index (χ2n) is 4.74. The Morgan fingerprint density at radius 1 is 1.57 bits per heavy atom. The number of nitro benzene ring substituents is 1. The molecule has 0 saturated carbocycles. The number of hydrogen-bond acceptors (Lipinski definition) is 5. The van der Waals surface area contributed by atoms with Gasteiger partial charge in [-0.15, -0.1) is 12.4 Å². The molecule has 0 spiro atoms. The summed E-state index contributed by atoms with van der Waals surface area (Å²) in [6, 6.07) is 4.40. The quantitative estimate of drug-likeness (QED) is 0.665. The fourth-order valence-electron chi connectivity index (χ4n) is 2.22. The van der Waals surface area contributed by atoms with Crippen LogP contribution < -0.4 is 5.73 Å². The van der Waals surface area contributed by atoms with E-state index in [0.29, 0.717) is 37.4 Å². The Labute approximate surface area is 128 Å². The molecular weight excluding hydrogens is 298 g/mol. The van der Waals surface area contributed by atoms with Crippen LogP contribution >= 0.6 is 12.4 Å². The van der Waals surface area contributed by atoms with Crippen LogP contribution in [0.25, 0.3) is 0 Å². The summed E-state index contributed by atoms with van der Waals surface area (Å²) in [5.41, 5.74) is 6.49. The highest BCUT2D eigenvalue weighted by molar-refractivity contribution is 5.94. The van der Waals surface area contributed by atoms with Gasteiger partial charge in [-0.1, -0.05) is 0 Å². The van der Waals surface area contributed by atoms with E-state index in [-0.39, 0.29) is 30.1 Å². The molecule has 7 nitrogen and oxygen atoms in total. The number of amides is 1. The van der Waals surface area contributed by atoms with Crippen molar-refractivity contribution in [3.05, 3.63) is 39.4 Å². The number of nitro groups is 1. The zero-order valence-corrected chi connectivity index (χ0v) is 12.5. The largest absolute Gasteiger partial charge is 0.373 e. The normalized spacial score (nSPS) is 18.0. The van der Waals surface area contributed by atoms with Gasteiger partial charge < -0.3 is 15.4 Å². The minimum atomic E-state index is -0.456. The first-order valence-electron chi connectivity index (χ1n) is 6.39. The molecule has 2 rings (SSSR count).